The van der Waals surface area contributed by atoms with Crippen LogP contribution in [0.3, 0.4) is 0 Å². The first-order chi connectivity index (χ1) is 8.59. The summed E-state index contributed by atoms with van der Waals surface area (Å²) in [5.41, 5.74) is 1.14. The first-order valence-corrected chi connectivity index (χ1v) is 5.96. The van der Waals surface area contributed by atoms with Crippen molar-refractivity contribution in [1.82, 2.24) is 0 Å². The maximum absolute atomic E-state index is 14.0. The summed E-state index contributed by atoms with van der Waals surface area (Å²) >= 11 is 0. The molecule has 0 saturated carbocycles. The Morgan fingerprint density at radius 3 is 2.61 bits per heavy atom. The van der Waals surface area contributed by atoms with Crippen molar-refractivity contribution in [2.24, 2.45) is 0 Å². The molecule has 5 heteroatoms. The number of carbonyl (C=O) groups excluding carboxylic acids is 1. The van der Waals surface area contributed by atoms with Gasteiger partial charge in [0.05, 0.1) is 18.9 Å². The quantitative estimate of drug-likeness (QED) is 0.802. The Hall–Kier alpha value is -1.62. The van der Waals surface area contributed by atoms with Gasteiger partial charge in [0.2, 0.25) is 5.91 Å². The van der Waals surface area contributed by atoms with E-state index in [9.17, 15) is 9.18 Å². The first kappa shape index (κ1) is 12.8. The largest absolute Gasteiger partial charge is 0.378 e. The Morgan fingerprint density at radius 1 is 1.39 bits per heavy atom. The standard InChI is InChI=1S/C13H17FN2O2/c1-10(17)15(2)11-3-4-13(12(14)9-11)16-5-7-18-8-6-16/h3-4,9H,5-8H2,1-2H3. The third-order valence-electron chi connectivity index (χ3n) is 3.14. The number of anilines is 2. The molecule has 0 N–H and O–H groups in total. The molecule has 0 aliphatic carbocycles. The Bertz CT molecular complexity index is 445. The van der Waals surface area contributed by atoms with Gasteiger partial charge < -0.3 is 14.5 Å². The third kappa shape index (κ3) is 2.61. The van der Waals surface area contributed by atoms with E-state index in [1.807, 2.05) is 4.90 Å². The molecule has 18 heavy (non-hydrogen) atoms. The molecule has 0 aromatic heterocycles. The van der Waals surface area contributed by atoms with Crippen LogP contribution < -0.4 is 9.80 Å². The predicted molar refractivity (Wildman–Crippen MR) is 68.5 cm³/mol. The van der Waals surface area contributed by atoms with Gasteiger partial charge >= 0.3 is 0 Å². The minimum atomic E-state index is -0.303. The monoisotopic (exact) mass is 252 g/mol. The van der Waals surface area contributed by atoms with Crippen LogP contribution in [0.5, 0.6) is 0 Å². The molecule has 98 valence electrons. The maximum Gasteiger partial charge on any atom is 0.223 e. The van der Waals surface area contributed by atoms with Crippen LogP contribution in [0.25, 0.3) is 0 Å². The first-order valence-electron chi connectivity index (χ1n) is 5.96. The Kier molecular flexibility index (Phi) is 3.81. The summed E-state index contributed by atoms with van der Waals surface area (Å²) < 4.78 is 19.3. The lowest BCUT2D eigenvalue weighted by Crippen LogP contribution is -2.36. The Labute approximate surface area is 106 Å². The van der Waals surface area contributed by atoms with Crippen molar-refractivity contribution in [3.05, 3.63) is 24.0 Å². The van der Waals surface area contributed by atoms with Gasteiger partial charge in [0.1, 0.15) is 5.82 Å². The lowest BCUT2D eigenvalue weighted by atomic mass is 10.2. The summed E-state index contributed by atoms with van der Waals surface area (Å²) in [4.78, 5) is 14.6. The second kappa shape index (κ2) is 5.35. The van der Waals surface area contributed by atoms with Crippen LogP contribution in [0.1, 0.15) is 6.92 Å². The Balaban J connectivity index is 2.21. The average Bonchev–Trinajstić information content (AvgIpc) is 2.38. The maximum atomic E-state index is 14.0. The van der Waals surface area contributed by atoms with E-state index in [1.165, 1.54) is 17.9 Å². The molecule has 1 aromatic carbocycles. The number of amides is 1. The van der Waals surface area contributed by atoms with Gasteiger partial charge in [-0.05, 0) is 18.2 Å². The molecule has 0 bridgehead atoms. The second-order valence-electron chi connectivity index (χ2n) is 4.31. The van der Waals surface area contributed by atoms with Crippen molar-refractivity contribution in [3.8, 4) is 0 Å². The highest BCUT2D eigenvalue weighted by molar-refractivity contribution is 5.91. The summed E-state index contributed by atoms with van der Waals surface area (Å²) in [6.07, 6.45) is 0. The molecule has 1 heterocycles. The second-order valence-corrected chi connectivity index (χ2v) is 4.31. The lowest BCUT2D eigenvalue weighted by molar-refractivity contribution is -0.116. The van der Waals surface area contributed by atoms with Gasteiger partial charge in [-0.1, -0.05) is 0 Å². The van der Waals surface area contributed by atoms with E-state index in [4.69, 9.17) is 4.74 Å². The van der Waals surface area contributed by atoms with Crippen molar-refractivity contribution in [2.45, 2.75) is 6.92 Å². The smallest absolute Gasteiger partial charge is 0.223 e. The summed E-state index contributed by atoms with van der Waals surface area (Å²) in [6.45, 7) is 4.08. The highest BCUT2D eigenvalue weighted by Crippen LogP contribution is 2.25. The summed E-state index contributed by atoms with van der Waals surface area (Å²) in [7, 11) is 1.63. The van der Waals surface area contributed by atoms with Crippen molar-refractivity contribution < 1.29 is 13.9 Å². The van der Waals surface area contributed by atoms with E-state index in [2.05, 4.69) is 0 Å². The Morgan fingerprint density at radius 2 is 2.06 bits per heavy atom. The molecule has 1 aliphatic rings. The number of carbonyl (C=O) groups is 1. The fourth-order valence-corrected chi connectivity index (χ4v) is 1.95. The van der Waals surface area contributed by atoms with Gasteiger partial charge in [0, 0.05) is 32.7 Å². The highest BCUT2D eigenvalue weighted by Gasteiger charge is 2.16. The summed E-state index contributed by atoms with van der Waals surface area (Å²) in [6, 6.07) is 4.87. The van der Waals surface area contributed by atoms with Gasteiger partial charge in [-0.15, -0.1) is 0 Å². The van der Waals surface area contributed by atoms with Crippen LogP contribution >= 0.6 is 0 Å². The summed E-state index contributed by atoms with van der Waals surface area (Å²) in [5, 5.41) is 0. The molecule has 1 aromatic rings. The number of nitrogens with zero attached hydrogens (tertiary/aromatic N) is 2. The number of hydrogen-bond donors (Lipinski definition) is 0. The molecule has 0 spiro atoms. The zero-order chi connectivity index (χ0) is 13.1. The van der Waals surface area contributed by atoms with Gasteiger partial charge in [-0.2, -0.15) is 0 Å². The van der Waals surface area contributed by atoms with Crippen LogP contribution in [-0.4, -0.2) is 39.3 Å². The van der Waals surface area contributed by atoms with Crippen molar-refractivity contribution in [3.63, 3.8) is 0 Å². The molecule has 4 nitrogen and oxygen atoms in total. The number of rotatable bonds is 2. The molecular formula is C13H17FN2O2. The van der Waals surface area contributed by atoms with Crippen LogP contribution in [0.2, 0.25) is 0 Å². The van der Waals surface area contributed by atoms with E-state index in [0.29, 0.717) is 37.7 Å². The van der Waals surface area contributed by atoms with Crippen LogP contribution in [0.4, 0.5) is 15.8 Å². The van der Waals surface area contributed by atoms with Gasteiger partial charge in [-0.25, -0.2) is 4.39 Å². The fourth-order valence-electron chi connectivity index (χ4n) is 1.95. The molecule has 1 aliphatic heterocycles. The van der Waals surface area contributed by atoms with E-state index in [-0.39, 0.29) is 11.7 Å². The van der Waals surface area contributed by atoms with E-state index in [0.717, 1.165) is 0 Å². The summed E-state index contributed by atoms with van der Waals surface area (Å²) in [5.74, 6) is -0.420. The SMILES string of the molecule is CC(=O)N(C)c1ccc(N2CCOCC2)c(F)c1. The normalized spacial score (nSPS) is 15.6. The predicted octanol–water partition coefficient (Wildman–Crippen LogP) is 1.65. The molecule has 0 unspecified atom stereocenters. The third-order valence-corrected chi connectivity index (χ3v) is 3.14. The molecule has 1 saturated heterocycles. The number of morpholine rings is 1. The zero-order valence-electron chi connectivity index (χ0n) is 10.6. The van der Waals surface area contributed by atoms with Crippen LogP contribution in [0.15, 0.2) is 18.2 Å². The van der Waals surface area contributed by atoms with Crippen LogP contribution in [0, 0.1) is 5.82 Å². The van der Waals surface area contributed by atoms with Gasteiger partial charge in [0.15, 0.2) is 0 Å². The minimum Gasteiger partial charge on any atom is -0.378 e. The molecule has 0 atom stereocenters. The number of benzene rings is 1. The molecule has 2 rings (SSSR count). The van der Waals surface area contributed by atoms with Crippen molar-refractivity contribution in [1.29, 1.82) is 0 Å². The molecule has 1 fully saturated rings. The minimum absolute atomic E-state index is 0.117. The van der Waals surface area contributed by atoms with Crippen molar-refractivity contribution in [2.75, 3.05) is 43.2 Å². The van der Waals surface area contributed by atoms with Gasteiger partial charge in [0.25, 0.3) is 0 Å². The van der Waals surface area contributed by atoms with Gasteiger partial charge in [-0.3, -0.25) is 4.79 Å². The van der Waals surface area contributed by atoms with E-state index < -0.39 is 0 Å². The van der Waals surface area contributed by atoms with E-state index in [1.54, 1.807) is 19.2 Å². The van der Waals surface area contributed by atoms with Crippen LogP contribution in [-0.2, 0) is 9.53 Å². The molecule has 1 amide bonds. The lowest BCUT2D eigenvalue weighted by Gasteiger charge is -2.29. The molecule has 0 radical (unpaired) electrons. The molecular weight excluding hydrogens is 235 g/mol. The number of halogens is 1. The number of ether oxygens (including phenoxy) is 1. The topological polar surface area (TPSA) is 32.8 Å². The zero-order valence-corrected chi connectivity index (χ0v) is 10.6. The average molecular weight is 252 g/mol. The number of hydrogen-bond acceptors (Lipinski definition) is 3. The fraction of sp³-hybridized carbons (Fsp3) is 0.462. The van der Waals surface area contributed by atoms with E-state index >= 15 is 0 Å². The highest BCUT2D eigenvalue weighted by atomic mass is 19.1. The van der Waals surface area contributed by atoms with Crippen molar-refractivity contribution >= 4 is 17.3 Å².